The molecule has 1 atom stereocenters. The quantitative estimate of drug-likeness (QED) is 0.500. The minimum atomic E-state index is -1.12. The van der Waals surface area contributed by atoms with E-state index >= 15 is 0 Å². The molecule has 0 spiro atoms. The molecule has 0 fully saturated rings. The first-order valence-electron chi connectivity index (χ1n) is 8.46. The number of hydrogen-bond acceptors (Lipinski definition) is 7. The van der Waals surface area contributed by atoms with Crippen molar-refractivity contribution in [1.29, 1.82) is 0 Å². The molecular weight excluding hydrogens is 352 g/mol. The number of esters is 2. The average Bonchev–Trinajstić information content (AvgIpc) is 2.98. The topological polar surface area (TPSA) is 96.0 Å². The van der Waals surface area contributed by atoms with E-state index in [2.05, 4.69) is 0 Å². The summed E-state index contributed by atoms with van der Waals surface area (Å²) in [5, 5.41) is 1.59. The number of ether oxygens (including phenoxy) is 2. The van der Waals surface area contributed by atoms with E-state index in [0.29, 0.717) is 22.1 Å². The SMILES string of the molecule is CC(=O)OC(Cc1cc2cc3ccoc3cc2oc1=O)C(C)(C)OC(C)=O. The van der Waals surface area contributed by atoms with E-state index in [1.807, 2.05) is 12.1 Å². The fourth-order valence-electron chi connectivity index (χ4n) is 3.03. The van der Waals surface area contributed by atoms with E-state index in [4.69, 9.17) is 18.3 Å². The Morgan fingerprint density at radius 3 is 2.48 bits per heavy atom. The molecule has 3 rings (SSSR count). The van der Waals surface area contributed by atoms with Gasteiger partial charge in [-0.3, -0.25) is 9.59 Å². The lowest BCUT2D eigenvalue weighted by molar-refractivity contribution is -0.178. The molecule has 0 saturated carbocycles. The van der Waals surface area contributed by atoms with Crippen LogP contribution >= 0.6 is 0 Å². The van der Waals surface area contributed by atoms with E-state index < -0.39 is 29.3 Å². The largest absolute Gasteiger partial charge is 0.464 e. The van der Waals surface area contributed by atoms with Gasteiger partial charge in [-0.25, -0.2) is 4.79 Å². The van der Waals surface area contributed by atoms with Crippen molar-refractivity contribution in [2.24, 2.45) is 0 Å². The summed E-state index contributed by atoms with van der Waals surface area (Å²) in [4.78, 5) is 35.3. The van der Waals surface area contributed by atoms with Crippen LogP contribution in [0.3, 0.4) is 0 Å². The Morgan fingerprint density at radius 1 is 1.07 bits per heavy atom. The first-order valence-corrected chi connectivity index (χ1v) is 8.46. The molecule has 0 bridgehead atoms. The third-order valence-electron chi connectivity index (χ3n) is 4.28. The van der Waals surface area contributed by atoms with Crippen LogP contribution in [0, 0.1) is 0 Å². The first kappa shape index (κ1) is 18.7. The van der Waals surface area contributed by atoms with Gasteiger partial charge in [0.05, 0.1) is 6.26 Å². The molecule has 2 aromatic heterocycles. The van der Waals surface area contributed by atoms with Crippen molar-refractivity contribution in [2.45, 2.75) is 45.8 Å². The lowest BCUT2D eigenvalue weighted by Gasteiger charge is -2.32. The van der Waals surface area contributed by atoms with Gasteiger partial charge < -0.3 is 18.3 Å². The van der Waals surface area contributed by atoms with E-state index in [1.165, 1.54) is 13.8 Å². The summed E-state index contributed by atoms with van der Waals surface area (Å²) in [5.74, 6) is -1.05. The summed E-state index contributed by atoms with van der Waals surface area (Å²) in [7, 11) is 0. The number of carbonyl (C=O) groups is 2. The Balaban J connectivity index is 2.01. The van der Waals surface area contributed by atoms with Crippen LogP contribution in [0.2, 0.25) is 0 Å². The van der Waals surface area contributed by atoms with Gasteiger partial charge in [-0.05, 0) is 32.0 Å². The molecule has 27 heavy (non-hydrogen) atoms. The van der Waals surface area contributed by atoms with Gasteiger partial charge in [-0.2, -0.15) is 0 Å². The Bertz CT molecular complexity index is 1070. The zero-order chi connectivity index (χ0) is 19.8. The Kier molecular flexibility index (Phi) is 4.78. The molecule has 0 amide bonds. The van der Waals surface area contributed by atoms with Gasteiger partial charge in [0.15, 0.2) is 0 Å². The second-order valence-corrected chi connectivity index (χ2v) is 6.91. The van der Waals surface area contributed by atoms with Gasteiger partial charge in [0.2, 0.25) is 0 Å². The Hall–Kier alpha value is -3.09. The molecule has 1 unspecified atom stereocenters. The van der Waals surface area contributed by atoms with Crippen LogP contribution < -0.4 is 5.63 Å². The highest BCUT2D eigenvalue weighted by Crippen LogP contribution is 2.26. The zero-order valence-electron chi connectivity index (χ0n) is 15.5. The molecule has 0 saturated heterocycles. The van der Waals surface area contributed by atoms with Crippen molar-refractivity contribution in [1.82, 2.24) is 0 Å². The van der Waals surface area contributed by atoms with E-state index in [0.717, 1.165) is 5.39 Å². The summed E-state index contributed by atoms with van der Waals surface area (Å²) in [5.41, 5.74) is -0.337. The lowest BCUT2D eigenvalue weighted by atomic mass is 9.94. The molecule has 0 aliphatic rings. The van der Waals surface area contributed by atoms with Crippen LogP contribution in [0.5, 0.6) is 0 Å². The maximum Gasteiger partial charge on any atom is 0.339 e. The van der Waals surface area contributed by atoms with E-state index in [1.54, 1.807) is 32.2 Å². The maximum absolute atomic E-state index is 12.4. The highest BCUT2D eigenvalue weighted by atomic mass is 16.6. The van der Waals surface area contributed by atoms with Gasteiger partial charge in [0.25, 0.3) is 0 Å². The van der Waals surface area contributed by atoms with Crippen LogP contribution in [0.25, 0.3) is 21.9 Å². The third kappa shape index (κ3) is 4.02. The van der Waals surface area contributed by atoms with Gasteiger partial charge in [-0.15, -0.1) is 0 Å². The van der Waals surface area contributed by atoms with Gasteiger partial charge >= 0.3 is 17.6 Å². The number of benzene rings is 1. The van der Waals surface area contributed by atoms with E-state index in [-0.39, 0.29) is 6.42 Å². The highest BCUT2D eigenvalue weighted by molar-refractivity contribution is 5.93. The fourth-order valence-corrected chi connectivity index (χ4v) is 3.03. The van der Waals surface area contributed by atoms with Gasteiger partial charge in [0, 0.05) is 42.7 Å². The van der Waals surface area contributed by atoms with Crippen LogP contribution in [-0.2, 0) is 25.5 Å². The Labute approximate surface area is 154 Å². The molecule has 0 N–H and O–H groups in total. The van der Waals surface area contributed by atoms with Crippen LogP contribution in [-0.4, -0.2) is 23.6 Å². The van der Waals surface area contributed by atoms with Crippen molar-refractivity contribution < 1.29 is 27.9 Å². The number of carbonyl (C=O) groups excluding carboxylic acids is 2. The van der Waals surface area contributed by atoms with E-state index in [9.17, 15) is 14.4 Å². The molecule has 142 valence electrons. The molecule has 7 heteroatoms. The summed E-state index contributed by atoms with van der Waals surface area (Å²) in [6.45, 7) is 5.78. The second-order valence-electron chi connectivity index (χ2n) is 6.91. The number of rotatable bonds is 5. The molecule has 2 heterocycles. The predicted molar refractivity (Wildman–Crippen MR) is 97.4 cm³/mol. The molecular formula is C20H20O7. The monoisotopic (exact) mass is 372 g/mol. The molecule has 3 aromatic rings. The number of fused-ring (bicyclic) bond motifs is 2. The molecule has 0 aliphatic carbocycles. The number of hydrogen-bond donors (Lipinski definition) is 0. The lowest BCUT2D eigenvalue weighted by Crippen LogP contribution is -2.45. The summed E-state index contributed by atoms with van der Waals surface area (Å²) in [6, 6.07) is 7.00. The minimum Gasteiger partial charge on any atom is -0.464 e. The standard InChI is InChI=1S/C20H20O7/c1-11(21)25-18(20(3,4)27-12(2)22)9-15-8-14-7-13-5-6-24-16(13)10-17(14)26-19(15)23/h5-8,10,18H,9H2,1-4H3. The fraction of sp³-hybridized carbons (Fsp3) is 0.350. The minimum absolute atomic E-state index is 0.0432. The average molecular weight is 372 g/mol. The normalized spacial score (nSPS) is 12.9. The highest BCUT2D eigenvalue weighted by Gasteiger charge is 2.36. The molecule has 7 nitrogen and oxygen atoms in total. The molecule has 1 aromatic carbocycles. The van der Waals surface area contributed by atoms with Crippen LogP contribution in [0.1, 0.15) is 33.3 Å². The predicted octanol–water partition coefficient (Wildman–Crippen LogP) is 3.36. The number of furan rings is 1. The van der Waals surface area contributed by atoms with Crippen LogP contribution in [0.4, 0.5) is 0 Å². The van der Waals surface area contributed by atoms with Gasteiger partial charge in [0.1, 0.15) is 22.9 Å². The summed E-state index contributed by atoms with van der Waals surface area (Å²) in [6.07, 6.45) is 0.750. The maximum atomic E-state index is 12.4. The smallest absolute Gasteiger partial charge is 0.339 e. The molecule has 0 aliphatic heterocycles. The Morgan fingerprint density at radius 2 is 1.81 bits per heavy atom. The first-order chi connectivity index (χ1) is 12.7. The van der Waals surface area contributed by atoms with Crippen molar-refractivity contribution >= 4 is 33.9 Å². The van der Waals surface area contributed by atoms with Crippen molar-refractivity contribution in [3.63, 3.8) is 0 Å². The van der Waals surface area contributed by atoms with Crippen molar-refractivity contribution in [3.8, 4) is 0 Å². The summed E-state index contributed by atoms with van der Waals surface area (Å²) >= 11 is 0. The van der Waals surface area contributed by atoms with Gasteiger partial charge in [-0.1, -0.05) is 0 Å². The van der Waals surface area contributed by atoms with Crippen molar-refractivity contribution in [3.05, 3.63) is 46.5 Å². The third-order valence-corrected chi connectivity index (χ3v) is 4.28. The summed E-state index contributed by atoms with van der Waals surface area (Å²) < 4.78 is 21.3. The van der Waals surface area contributed by atoms with Crippen molar-refractivity contribution in [2.75, 3.05) is 0 Å². The van der Waals surface area contributed by atoms with Crippen LogP contribution in [0.15, 0.2) is 44.2 Å². The zero-order valence-corrected chi connectivity index (χ0v) is 15.5. The molecule has 0 radical (unpaired) electrons. The second kappa shape index (κ2) is 6.90.